The topological polar surface area (TPSA) is 68.0 Å². The molecule has 0 fully saturated rings. The number of hydrogen-bond acceptors (Lipinski definition) is 4. The van der Waals surface area contributed by atoms with Gasteiger partial charge in [0.1, 0.15) is 5.01 Å². The van der Waals surface area contributed by atoms with Crippen LogP contribution in [0.1, 0.15) is 19.0 Å². The molecular formula is C14H17N3OS. The second kappa shape index (κ2) is 5.95. The Kier molecular flexibility index (Phi) is 4.29. The van der Waals surface area contributed by atoms with Crippen LogP contribution in [0.2, 0.25) is 0 Å². The van der Waals surface area contributed by atoms with E-state index in [4.69, 9.17) is 5.73 Å². The molecule has 4 nitrogen and oxygen atoms in total. The molecule has 0 radical (unpaired) electrons. The van der Waals surface area contributed by atoms with Gasteiger partial charge in [0.2, 0.25) is 5.91 Å². The van der Waals surface area contributed by atoms with Gasteiger partial charge in [0.25, 0.3) is 0 Å². The first-order valence-corrected chi connectivity index (χ1v) is 7.00. The number of aromatic nitrogens is 1. The number of aryl methyl sites for hydroxylation is 1. The molecule has 2 rings (SSSR count). The zero-order chi connectivity index (χ0) is 13.8. The lowest BCUT2D eigenvalue weighted by atomic mass is 10.2. The van der Waals surface area contributed by atoms with Gasteiger partial charge in [-0.05, 0) is 38.1 Å². The van der Waals surface area contributed by atoms with Crippen molar-refractivity contribution in [1.82, 2.24) is 4.98 Å². The van der Waals surface area contributed by atoms with E-state index in [-0.39, 0.29) is 11.9 Å². The average molecular weight is 275 g/mol. The van der Waals surface area contributed by atoms with Gasteiger partial charge in [0.15, 0.2) is 0 Å². The van der Waals surface area contributed by atoms with Crippen molar-refractivity contribution in [2.45, 2.75) is 26.3 Å². The fourth-order valence-corrected chi connectivity index (χ4v) is 2.49. The molecule has 1 aromatic carbocycles. The molecule has 100 valence electrons. The summed E-state index contributed by atoms with van der Waals surface area (Å²) in [5.41, 5.74) is 8.44. The maximum Gasteiger partial charge on any atom is 0.225 e. The Morgan fingerprint density at radius 3 is 2.63 bits per heavy atom. The molecule has 0 saturated heterocycles. The summed E-state index contributed by atoms with van der Waals surface area (Å²) in [5.74, 6) is -0.0622. The number of thiazole rings is 1. The molecule has 0 aliphatic rings. The molecule has 0 aliphatic heterocycles. The van der Waals surface area contributed by atoms with Crippen molar-refractivity contribution in [3.63, 3.8) is 0 Å². The van der Waals surface area contributed by atoms with Crippen LogP contribution >= 0.6 is 11.3 Å². The summed E-state index contributed by atoms with van der Waals surface area (Å²) < 4.78 is 0. The lowest BCUT2D eigenvalue weighted by Gasteiger charge is -2.07. The normalized spacial score (nSPS) is 12.2. The summed E-state index contributed by atoms with van der Waals surface area (Å²) in [6.07, 6.45) is 0.327. The molecule has 3 N–H and O–H groups in total. The van der Waals surface area contributed by atoms with Crippen LogP contribution in [0.3, 0.4) is 0 Å². The number of carbonyl (C=O) groups excluding carboxylic acids is 1. The molecule has 1 heterocycles. The Labute approximate surface area is 116 Å². The van der Waals surface area contributed by atoms with E-state index in [0.717, 1.165) is 22.0 Å². The molecule has 0 aliphatic carbocycles. The van der Waals surface area contributed by atoms with Crippen molar-refractivity contribution in [3.8, 4) is 10.6 Å². The van der Waals surface area contributed by atoms with Crippen molar-refractivity contribution < 1.29 is 4.79 Å². The highest BCUT2D eigenvalue weighted by atomic mass is 32.1. The van der Waals surface area contributed by atoms with Crippen molar-refractivity contribution in [1.29, 1.82) is 0 Å². The molecule has 0 saturated carbocycles. The van der Waals surface area contributed by atoms with E-state index in [2.05, 4.69) is 10.3 Å². The Morgan fingerprint density at radius 1 is 1.42 bits per heavy atom. The van der Waals surface area contributed by atoms with Crippen LogP contribution in [0.5, 0.6) is 0 Å². The Balaban J connectivity index is 2.04. The van der Waals surface area contributed by atoms with Gasteiger partial charge in [-0.15, -0.1) is 11.3 Å². The molecule has 0 bridgehead atoms. The molecule has 1 aromatic heterocycles. The lowest BCUT2D eigenvalue weighted by molar-refractivity contribution is -0.116. The number of carbonyl (C=O) groups is 1. The van der Waals surface area contributed by atoms with Gasteiger partial charge in [0.05, 0.1) is 0 Å². The van der Waals surface area contributed by atoms with Crippen molar-refractivity contribution in [2.24, 2.45) is 5.73 Å². The molecule has 1 atom stereocenters. The quantitative estimate of drug-likeness (QED) is 0.901. The number of benzene rings is 1. The van der Waals surface area contributed by atoms with Crippen LogP contribution in [0.4, 0.5) is 5.69 Å². The van der Waals surface area contributed by atoms with Crippen LogP contribution in [0, 0.1) is 6.92 Å². The van der Waals surface area contributed by atoms with E-state index >= 15 is 0 Å². The zero-order valence-corrected chi connectivity index (χ0v) is 11.8. The predicted octanol–water partition coefficient (Wildman–Crippen LogP) is 2.79. The molecule has 1 amide bonds. The van der Waals surface area contributed by atoms with Gasteiger partial charge < -0.3 is 11.1 Å². The number of amides is 1. The van der Waals surface area contributed by atoms with Crippen LogP contribution in [-0.4, -0.2) is 16.9 Å². The molecular weight excluding hydrogens is 258 g/mol. The summed E-state index contributed by atoms with van der Waals surface area (Å²) in [7, 11) is 0. The Hall–Kier alpha value is -1.72. The third-order valence-corrected chi connectivity index (χ3v) is 3.55. The van der Waals surface area contributed by atoms with Crippen LogP contribution in [-0.2, 0) is 4.79 Å². The molecule has 1 unspecified atom stereocenters. The summed E-state index contributed by atoms with van der Waals surface area (Å²) in [4.78, 5) is 16.0. The summed E-state index contributed by atoms with van der Waals surface area (Å²) in [6, 6.07) is 7.55. The average Bonchev–Trinajstić information content (AvgIpc) is 2.75. The van der Waals surface area contributed by atoms with Crippen molar-refractivity contribution >= 4 is 22.9 Å². The van der Waals surface area contributed by atoms with Crippen LogP contribution in [0.15, 0.2) is 29.6 Å². The number of rotatable bonds is 4. The van der Waals surface area contributed by atoms with E-state index in [1.807, 2.05) is 43.5 Å². The highest BCUT2D eigenvalue weighted by Gasteiger charge is 2.06. The van der Waals surface area contributed by atoms with Gasteiger partial charge in [-0.2, -0.15) is 0 Å². The third kappa shape index (κ3) is 3.87. The van der Waals surface area contributed by atoms with E-state index in [1.54, 1.807) is 11.3 Å². The van der Waals surface area contributed by atoms with Crippen LogP contribution < -0.4 is 11.1 Å². The number of nitrogens with one attached hydrogen (secondary N) is 1. The monoisotopic (exact) mass is 275 g/mol. The number of nitrogens with two attached hydrogens (primary N) is 1. The van der Waals surface area contributed by atoms with Gasteiger partial charge in [-0.1, -0.05) is 0 Å². The second-order valence-corrected chi connectivity index (χ2v) is 5.46. The molecule has 2 aromatic rings. The fourth-order valence-electron chi connectivity index (χ4n) is 1.69. The van der Waals surface area contributed by atoms with Gasteiger partial charge >= 0.3 is 0 Å². The Morgan fingerprint density at radius 2 is 2.11 bits per heavy atom. The van der Waals surface area contributed by atoms with Crippen LogP contribution in [0.25, 0.3) is 10.6 Å². The van der Waals surface area contributed by atoms with Gasteiger partial charge in [0, 0.05) is 34.8 Å². The molecule has 5 heteroatoms. The first kappa shape index (κ1) is 13.7. The van der Waals surface area contributed by atoms with E-state index < -0.39 is 0 Å². The maximum absolute atomic E-state index is 11.6. The smallest absolute Gasteiger partial charge is 0.225 e. The van der Waals surface area contributed by atoms with Gasteiger partial charge in [-0.25, -0.2) is 4.98 Å². The minimum Gasteiger partial charge on any atom is -0.327 e. The Bertz CT molecular complexity index is 560. The third-order valence-electron chi connectivity index (χ3n) is 2.54. The fraction of sp³-hybridized carbons (Fsp3) is 0.286. The van der Waals surface area contributed by atoms with E-state index in [1.165, 1.54) is 0 Å². The standard InChI is InChI=1S/C14H17N3OS/c1-9(15)7-13(18)17-12-5-3-11(4-6-12)14-16-10(2)8-19-14/h3-6,8-9H,7,15H2,1-2H3,(H,17,18). The maximum atomic E-state index is 11.6. The number of anilines is 1. The first-order chi connectivity index (χ1) is 9.04. The largest absolute Gasteiger partial charge is 0.327 e. The minimum absolute atomic E-state index is 0.0622. The number of nitrogens with zero attached hydrogens (tertiary/aromatic N) is 1. The predicted molar refractivity (Wildman–Crippen MR) is 79.2 cm³/mol. The van der Waals surface area contributed by atoms with E-state index in [9.17, 15) is 4.79 Å². The summed E-state index contributed by atoms with van der Waals surface area (Å²) in [6.45, 7) is 3.79. The SMILES string of the molecule is Cc1csc(-c2ccc(NC(=O)CC(C)N)cc2)n1. The highest BCUT2D eigenvalue weighted by molar-refractivity contribution is 7.13. The zero-order valence-electron chi connectivity index (χ0n) is 11.0. The van der Waals surface area contributed by atoms with Crippen molar-refractivity contribution in [2.75, 3.05) is 5.32 Å². The number of hydrogen-bond donors (Lipinski definition) is 2. The lowest BCUT2D eigenvalue weighted by Crippen LogP contribution is -2.23. The van der Waals surface area contributed by atoms with E-state index in [0.29, 0.717) is 6.42 Å². The van der Waals surface area contributed by atoms with Crippen molar-refractivity contribution in [3.05, 3.63) is 35.3 Å². The van der Waals surface area contributed by atoms with Gasteiger partial charge in [-0.3, -0.25) is 4.79 Å². The summed E-state index contributed by atoms with van der Waals surface area (Å²) >= 11 is 1.62. The first-order valence-electron chi connectivity index (χ1n) is 6.12. The highest BCUT2D eigenvalue weighted by Crippen LogP contribution is 2.24. The molecule has 19 heavy (non-hydrogen) atoms. The second-order valence-electron chi connectivity index (χ2n) is 4.60. The minimum atomic E-state index is -0.127. The molecule has 0 spiro atoms. The summed E-state index contributed by atoms with van der Waals surface area (Å²) in [5, 5.41) is 5.83.